The third-order valence-electron chi connectivity index (χ3n) is 4.39. The van der Waals surface area contributed by atoms with Crippen LogP contribution in [0.15, 0.2) is 36.8 Å². The van der Waals surface area contributed by atoms with Crippen molar-refractivity contribution in [1.29, 1.82) is 0 Å². The molecule has 0 unspecified atom stereocenters. The number of carbonyl (C=O) groups is 1. The molecule has 7 heteroatoms. The van der Waals surface area contributed by atoms with Gasteiger partial charge in [0.25, 0.3) is 0 Å². The second-order valence-electron chi connectivity index (χ2n) is 6.01. The summed E-state index contributed by atoms with van der Waals surface area (Å²) >= 11 is 0. The molecule has 0 N–H and O–H groups in total. The molecule has 1 aromatic carbocycles. The summed E-state index contributed by atoms with van der Waals surface area (Å²) in [4.78, 5) is 22.3. The average Bonchev–Trinajstić information content (AvgIpc) is 3.04. The number of ether oxygens (including phenoxy) is 1. The van der Waals surface area contributed by atoms with Gasteiger partial charge in [-0.25, -0.2) is 14.6 Å². The van der Waals surface area contributed by atoms with E-state index in [1.165, 1.54) is 29.2 Å². The quantitative estimate of drug-likeness (QED) is 0.665. The maximum absolute atomic E-state index is 11.5. The second kappa shape index (κ2) is 6.88. The molecule has 0 aliphatic carbocycles. The van der Waals surface area contributed by atoms with Gasteiger partial charge >= 0.3 is 5.97 Å². The van der Waals surface area contributed by atoms with Crippen molar-refractivity contribution in [2.24, 2.45) is 0 Å². The van der Waals surface area contributed by atoms with Crippen molar-refractivity contribution in [3.05, 3.63) is 47.9 Å². The van der Waals surface area contributed by atoms with E-state index in [9.17, 15) is 4.79 Å². The molecule has 0 radical (unpaired) electrons. The normalized spacial score (nSPS) is 12.2. The number of aromatic nitrogens is 4. The second-order valence-corrected chi connectivity index (χ2v) is 6.01. The summed E-state index contributed by atoms with van der Waals surface area (Å²) < 4.78 is 6.23. The smallest absolute Gasteiger partial charge is 0.327 e. The number of fused-ring (bicyclic) bond motifs is 1. The fourth-order valence-corrected chi connectivity index (χ4v) is 2.72. The fourth-order valence-electron chi connectivity index (χ4n) is 2.72. The number of hydrogen-bond donors (Lipinski definition) is 0. The molecule has 130 valence electrons. The molecular weight excluding hydrogens is 318 g/mol. The number of nitrogens with zero attached hydrogens (tertiary/aromatic N) is 5. The van der Waals surface area contributed by atoms with Crippen LogP contribution in [0, 0.1) is 6.92 Å². The van der Waals surface area contributed by atoms with Gasteiger partial charge in [0.2, 0.25) is 0 Å². The highest BCUT2D eigenvalue weighted by Gasteiger charge is 2.19. The minimum atomic E-state index is -0.369. The first-order valence-electron chi connectivity index (χ1n) is 8.04. The summed E-state index contributed by atoms with van der Waals surface area (Å²) in [7, 11) is 3.34. The molecule has 3 rings (SSSR count). The van der Waals surface area contributed by atoms with Crippen LogP contribution < -0.4 is 4.90 Å². The lowest BCUT2D eigenvalue weighted by molar-refractivity contribution is -0.141. The number of esters is 1. The Balaban J connectivity index is 1.95. The van der Waals surface area contributed by atoms with Gasteiger partial charge in [-0.1, -0.05) is 29.8 Å². The number of benzene rings is 1. The predicted octanol–water partition coefficient (Wildman–Crippen LogP) is 2.51. The van der Waals surface area contributed by atoms with Crippen LogP contribution in [0.25, 0.3) is 11.0 Å². The monoisotopic (exact) mass is 339 g/mol. The first kappa shape index (κ1) is 16.9. The van der Waals surface area contributed by atoms with Gasteiger partial charge in [0.15, 0.2) is 5.65 Å². The topological polar surface area (TPSA) is 73.1 Å². The van der Waals surface area contributed by atoms with Crippen molar-refractivity contribution in [2.75, 3.05) is 19.1 Å². The Labute approximate surface area is 146 Å². The lowest BCUT2D eigenvalue weighted by Gasteiger charge is -2.26. The number of carbonyl (C=O) groups excluding carboxylic acids is 1. The van der Waals surface area contributed by atoms with Crippen molar-refractivity contribution in [3.63, 3.8) is 0 Å². The zero-order valence-electron chi connectivity index (χ0n) is 14.8. The van der Waals surface area contributed by atoms with Crippen LogP contribution in [-0.4, -0.2) is 39.9 Å². The minimum absolute atomic E-state index is 0.0215. The number of methoxy groups -OCH3 is 1. The molecule has 2 aromatic heterocycles. The summed E-state index contributed by atoms with van der Waals surface area (Å²) in [6.45, 7) is 4.22. The molecule has 0 saturated carbocycles. The number of hydrogen-bond acceptors (Lipinski definition) is 6. The highest BCUT2D eigenvalue weighted by Crippen LogP contribution is 2.29. The van der Waals surface area contributed by atoms with E-state index in [4.69, 9.17) is 4.74 Å². The lowest BCUT2D eigenvalue weighted by atomic mass is 10.1. The van der Waals surface area contributed by atoms with E-state index >= 15 is 0 Å². The Morgan fingerprint density at radius 3 is 2.68 bits per heavy atom. The van der Waals surface area contributed by atoms with Gasteiger partial charge in [-0.3, -0.25) is 4.79 Å². The third-order valence-corrected chi connectivity index (χ3v) is 4.39. The average molecular weight is 339 g/mol. The molecule has 2 heterocycles. The maximum Gasteiger partial charge on any atom is 0.327 e. The van der Waals surface area contributed by atoms with Crippen molar-refractivity contribution >= 4 is 22.8 Å². The van der Waals surface area contributed by atoms with E-state index in [0.29, 0.717) is 5.65 Å². The van der Waals surface area contributed by atoms with Crippen molar-refractivity contribution < 1.29 is 9.53 Å². The first-order valence-corrected chi connectivity index (χ1v) is 8.04. The zero-order valence-corrected chi connectivity index (χ0v) is 14.8. The van der Waals surface area contributed by atoms with Crippen molar-refractivity contribution in [3.8, 4) is 0 Å². The van der Waals surface area contributed by atoms with E-state index in [0.717, 1.165) is 11.2 Å². The summed E-state index contributed by atoms with van der Waals surface area (Å²) in [5.41, 5.74) is 3.03. The van der Waals surface area contributed by atoms with Gasteiger partial charge in [-0.15, -0.1) is 0 Å². The Kier molecular flexibility index (Phi) is 4.65. The van der Waals surface area contributed by atoms with Crippen molar-refractivity contribution in [1.82, 2.24) is 19.7 Å². The minimum Gasteiger partial charge on any atom is -0.468 e. The van der Waals surface area contributed by atoms with E-state index in [2.05, 4.69) is 58.1 Å². The summed E-state index contributed by atoms with van der Waals surface area (Å²) in [5, 5.41) is 5.06. The van der Waals surface area contributed by atoms with Crippen LogP contribution in [0.4, 0.5) is 5.82 Å². The van der Waals surface area contributed by atoms with Gasteiger partial charge in [-0.2, -0.15) is 5.10 Å². The molecule has 0 fully saturated rings. The highest BCUT2D eigenvalue weighted by atomic mass is 16.5. The molecule has 0 saturated heterocycles. The summed E-state index contributed by atoms with van der Waals surface area (Å²) in [6.07, 6.45) is 3.18. The van der Waals surface area contributed by atoms with E-state index in [-0.39, 0.29) is 18.6 Å². The molecule has 7 nitrogen and oxygen atoms in total. The molecule has 0 amide bonds. The number of aryl methyl sites for hydroxylation is 1. The van der Waals surface area contributed by atoms with Crippen LogP contribution in [0.5, 0.6) is 0 Å². The Morgan fingerprint density at radius 1 is 1.28 bits per heavy atom. The molecule has 3 aromatic rings. The van der Waals surface area contributed by atoms with E-state index in [1.54, 1.807) is 6.20 Å². The molecule has 1 atom stereocenters. The van der Waals surface area contributed by atoms with Gasteiger partial charge in [0.1, 0.15) is 18.7 Å². The molecule has 0 spiro atoms. The first-order chi connectivity index (χ1) is 12.0. The standard InChI is InChI=1S/C18H21N5O2/c1-12-5-7-14(8-6-12)13(2)22(3)17-15-9-21-23(10-16(24)25-4)18(15)20-11-19-17/h5-9,11,13H,10H2,1-4H3/t13-/m1/s1. The molecule has 0 aliphatic rings. The SMILES string of the molecule is COC(=O)Cn1ncc2c(N(C)[C@H](C)c3ccc(C)cc3)ncnc21. The van der Waals surface area contributed by atoms with Crippen molar-refractivity contribution in [2.45, 2.75) is 26.4 Å². The lowest BCUT2D eigenvalue weighted by Crippen LogP contribution is -2.23. The Hall–Kier alpha value is -2.96. The van der Waals surface area contributed by atoms with E-state index < -0.39 is 0 Å². The van der Waals surface area contributed by atoms with Crippen LogP contribution >= 0.6 is 0 Å². The highest BCUT2D eigenvalue weighted by molar-refractivity contribution is 5.87. The van der Waals surface area contributed by atoms with E-state index in [1.807, 2.05) is 7.05 Å². The Bertz CT molecular complexity index is 888. The van der Waals surface area contributed by atoms with Gasteiger partial charge in [0.05, 0.1) is 24.7 Å². The molecule has 25 heavy (non-hydrogen) atoms. The fraction of sp³-hybridized carbons (Fsp3) is 0.333. The molecular formula is C18H21N5O2. The summed E-state index contributed by atoms with van der Waals surface area (Å²) in [6, 6.07) is 8.57. The zero-order chi connectivity index (χ0) is 18.0. The van der Waals surface area contributed by atoms with Gasteiger partial charge in [-0.05, 0) is 19.4 Å². The Morgan fingerprint density at radius 2 is 2.00 bits per heavy atom. The molecule has 0 aliphatic heterocycles. The predicted molar refractivity (Wildman–Crippen MR) is 95.3 cm³/mol. The van der Waals surface area contributed by atoms with Gasteiger partial charge in [0, 0.05) is 7.05 Å². The summed E-state index contributed by atoms with van der Waals surface area (Å²) in [5.74, 6) is 0.403. The van der Waals surface area contributed by atoms with Crippen LogP contribution in [0.3, 0.4) is 0 Å². The molecule has 0 bridgehead atoms. The van der Waals surface area contributed by atoms with Crippen LogP contribution in [0.2, 0.25) is 0 Å². The maximum atomic E-state index is 11.5. The van der Waals surface area contributed by atoms with Gasteiger partial charge < -0.3 is 9.64 Å². The van der Waals surface area contributed by atoms with Crippen LogP contribution in [0.1, 0.15) is 24.1 Å². The van der Waals surface area contributed by atoms with Crippen LogP contribution in [-0.2, 0) is 16.1 Å². The largest absolute Gasteiger partial charge is 0.468 e. The number of anilines is 1. The number of rotatable bonds is 5. The third kappa shape index (κ3) is 3.31.